The number of carboxylic acids is 1. The molecule has 0 aliphatic heterocycles. The van der Waals surface area contributed by atoms with Crippen LogP contribution in [-0.4, -0.2) is 26.7 Å². The van der Waals surface area contributed by atoms with Gasteiger partial charge in [0.2, 0.25) is 5.43 Å². The minimum absolute atomic E-state index is 0.217. The molecule has 1 aromatic carbocycles. The number of fused-ring (bicyclic) bond motifs is 1. The molecule has 0 spiro atoms. The van der Waals surface area contributed by atoms with Crippen molar-refractivity contribution in [3.63, 3.8) is 0 Å². The molecule has 0 amide bonds. The third-order valence-corrected chi connectivity index (χ3v) is 7.40. The van der Waals surface area contributed by atoms with Crippen LogP contribution in [0.1, 0.15) is 54.4 Å². The van der Waals surface area contributed by atoms with Crippen molar-refractivity contribution in [3.05, 3.63) is 70.0 Å². The summed E-state index contributed by atoms with van der Waals surface area (Å²) in [5, 5.41) is 13.7. The summed E-state index contributed by atoms with van der Waals surface area (Å²) in [4.78, 5) is 29.8. The first-order valence-electron chi connectivity index (χ1n) is 10.7. The Kier molecular flexibility index (Phi) is 4.93. The van der Waals surface area contributed by atoms with E-state index in [4.69, 9.17) is 0 Å². The standard InChI is InChI=1S/C24H25N3O3S/c1-24(12-6-5-9-18(24)15-7-3-2-4-8-15)14-27-13-17(22(29)30)20(28)19-21(27)31-23(26-19)25-16-10-11-16/h2-4,6-8,12-13,16,18H,5,9-11,14H2,1H3,(H,25,26)(H,29,30). The van der Waals surface area contributed by atoms with Crippen LogP contribution in [0.15, 0.2) is 53.5 Å². The molecule has 2 aliphatic carbocycles. The van der Waals surface area contributed by atoms with E-state index < -0.39 is 11.4 Å². The number of nitrogens with one attached hydrogen (secondary N) is 1. The monoisotopic (exact) mass is 435 g/mol. The van der Waals surface area contributed by atoms with Crippen LogP contribution in [0, 0.1) is 5.41 Å². The molecule has 1 saturated carbocycles. The molecule has 5 rings (SSSR count). The van der Waals surface area contributed by atoms with Gasteiger partial charge in [-0.3, -0.25) is 4.79 Å². The molecule has 2 N–H and O–H groups in total. The summed E-state index contributed by atoms with van der Waals surface area (Å²) in [5.41, 5.74) is 0.572. The molecule has 2 aromatic heterocycles. The summed E-state index contributed by atoms with van der Waals surface area (Å²) in [7, 11) is 0. The SMILES string of the molecule is CC1(Cn2cc(C(=O)O)c(=O)c3nc(NC4CC4)sc32)C=CCCC1c1ccccc1. The van der Waals surface area contributed by atoms with Crippen LogP contribution >= 0.6 is 11.3 Å². The zero-order valence-electron chi connectivity index (χ0n) is 17.4. The van der Waals surface area contributed by atoms with Crippen molar-refractivity contribution in [2.75, 3.05) is 5.32 Å². The van der Waals surface area contributed by atoms with Gasteiger partial charge in [-0.25, -0.2) is 9.78 Å². The maximum atomic E-state index is 12.8. The van der Waals surface area contributed by atoms with E-state index in [0.717, 1.165) is 30.5 Å². The lowest BCUT2D eigenvalue weighted by Gasteiger charge is -2.39. The number of aromatic carboxylic acids is 1. The van der Waals surface area contributed by atoms with Gasteiger partial charge in [-0.2, -0.15) is 0 Å². The number of aromatic nitrogens is 2. The van der Waals surface area contributed by atoms with Gasteiger partial charge < -0.3 is 15.0 Å². The van der Waals surface area contributed by atoms with Gasteiger partial charge in [-0.1, -0.05) is 60.7 Å². The van der Waals surface area contributed by atoms with Crippen molar-refractivity contribution in [2.24, 2.45) is 5.41 Å². The van der Waals surface area contributed by atoms with Crippen LogP contribution in [0.5, 0.6) is 0 Å². The van der Waals surface area contributed by atoms with Gasteiger partial charge in [0, 0.05) is 24.2 Å². The number of pyridine rings is 1. The summed E-state index contributed by atoms with van der Waals surface area (Å²) in [6, 6.07) is 10.9. The molecule has 0 bridgehead atoms. The predicted octanol–water partition coefficient (Wildman–Crippen LogP) is 4.87. The Bertz CT molecular complexity index is 1230. The first-order chi connectivity index (χ1) is 14.9. The van der Waals surface area contributed by atoms with Gasteiger partial charge in [0.25, 0.3) is 0 Å². The molecule has 31 heavy (non-hydrogen) atoms. The lowest BCUT2D eigenvalue weighted by atomic mass is 9.68. The number of rotatable bonds is 6. The summed E-state index contributed by atoms with van der Waals surface area (Å²) in [5.74, 6) is -0.910. The van der Waals surface area contributed by atoms with E-state index in [1.807, 2.05) is 10.6 Å². The summed E-state index contributed by atoms with van der Waals surface area (Å²) in [6.07, 6.45) is 10.2. The fourth-order valence-corrected chi connectivity index (χ4v) is 5.63. The number of carboxylic acid groups (broad SMARTS) is 1. The molecule has 2 aliphatic rings. The van der Waals surface area contributed by atoms with Gasteiger partial charge in [0.15, 0.2) is 5.13 Å². The Balaban J connectivity index is 1.61. The number of nitrogens with zero attached hydrogens (tertiary/aromatic N) is 2. The minimum atomic E-state index is -1.21. The molecule has 2 unspecified atom stereocenters. The van der Waals surface area contributed by atoms with Crippen LogP contribution in [-0.2, 0) is 6.54 Å². The Morgan fingerprint density at radius 2 is 2.06 bits per heavy atom. The molecule has 3 aromatic rings. The second-order valence-corrected chi connectivity index (χ2v) is 9.82. The molecule has 1 fully saturated rings. The van der Waals surface area contributed by atoms with Crippen molar-refractivity contribution in [1.29, 1.82) is 0 Å². The highest BCUT2D eigenvalue weighted by molar-refractivity contribution is 7.21. The quantitative estimate of drug-likeness (QED) is 0.540. The summed E-state index contributed by atoms with van der Waals surface area (Å²) < 4.78 is 1.93. The average Bonchev–Trinajstić information content (AvgIpc) is 3.46. The third-order valence-electron chi connectivity index (χ3n) is 6.38. The highest BCUT2D eigenvalue weighted by Gasteiger charge is 2.36. The van der Waals surface area contributed by atoms with Crippen molar-refractivity contribution in [1.82, 2.24) is 9.55 Å². The summed E-state index contributed by atoms with van der Waals surface area (Å²) >= 11 is 1.43. The van der Waals surface area contributed by atoms with Crippen LogP contribution in [0.25, 0.3) is 10.3 Å². The number of allylic oxidation sites excluding steroid dienone is 2. The second-order valence-electron chi connectivity index (χ2n) is 8.85. The first kappa shape index (κ1) is 20.0. The lowest BCUT2D eigenvalue weighted by molar-refractivity contribution is 0.0694. The largest absolute Gasteiger partial charge is 0.477 e. The Hall–Kier alpha value is -2.93. The van der Waals surface area contributed by atoms with Gasteiger partial charge >= 0.3 is 5.97 Å². The maximum absolute atomic E-state index is 12.8. The zero-order valence-corrected chi connectivity index (χ0v) is 18.2. The normalized spacial score (nSPS) is 23.2. The minimum Gasteiger partial charge on any atom is -0.477 e. The van der Waals surface area contributed by atoms with E-state index in [0.29, 0.717) is 23.6 Å². The molecule has 160 valence electrons. The Morgan fingerprint density at radius 3 is 2.77 bits per heavy atom. The van der Waals surface area contributed by atoms with Gasteiger partial charge in [0.05, 0.1) is 0 Å². The summed E-state index contributed by atoms with van der Waals surface area (Å²) in [6.45, 7) is 2.79. The van der Waals surface area contributed by atoms with E-state index in [1.54, 1.807) is 0 Å². The number of carbonyl (C=O) groups is 1. The molecular weight excluding hydrogens is 410 g/mol. The number of hydrogen-bond acceptors (Lipinski definition) is 5. The van der Waals surface area contributed by atoms with Gasteiger partial charge in [0.1, 0.15) is 15.9 Å². The highest BCUT2D eigenvalue weighted by Crippen LogP contribution is 2.45. The van der Waals surface area contributed by atoms with E-state index in [9.17, 15) is 14.7 Å². The maximum Gasteiger partial charge on any atom is 0.341 e. The molecule has 0 saturated heterocycles. The van der Waals surface area contributed by atoms with E-state index in [2.05, 4.69) is 53.6 Å². The Labute approximate surface area is 184 Å². The molecular formula is C24H25N3O3S. The van der Waals surface area contributed by atoms with Crippen LogP contribution in [0.2, 0.25) is 0 Å². The van der Waals surface area contributed by atoms with Gasteiger partial charge in [-0.05, 0) is 37.2 Å². The van der Waals surface area contributed by atoms with Crippen molar-refractivity contribution < 1.29 is 9.90 Å². The Morgan fingerprint density at radius 1 is 1.29 bits per heavy atom. The van der Waals surface area contributed by atoms with Gasteiger partial charge in [-0.15, -0.1) is 0 Å². The van der Waals surface area contributed by atoms with Crippen molar-refractivity contribution >= 4 is 32.8 Å². The van der Waals surface area contributed by atoms with Crippen LogP contribution in [0.4, 0.5) is 5.13 Å². The number of benzene rings is 1. The predicted molar refractivity (Wildman–Crippen MR) is 123 cm³/mol. The number of anilines is 1. The third kappa shape index (κ3) is 3.78. The number of hydrogen-bond donors (Lipinski definition) is 2. The molecule has 2 atom stereocenters. The fraction of sp³-hybridized carbons (Fsp3) is 0.375. The second kappa shape index (κ2) is 7.64. The molecule has 0 radical (unpaired) electrons. The first-order valence-corrected chi connectivity index (χ1v) is 11.5. The smallest absolute Gasteiger partial charge is 0.341 e. The zero-order chi connectivity index (χ0) is 21.6. The van der Waals surface area contributed by atoms with Crippen LogP contribution in [0.3, 0.4) is 0 Å². The highest BCUT2D eigenvalue weighted by atomic mass is 32.1. The molecule has 2 heterocycles. The fourth-order valence-electron chi connectivity index (χ4n) is 4.61. The van der Waals surface area contributed by atoms with Crippen LogP contribution < -0.4 is 10.7 Å². The molecule has 7 heteroatoms. The van der Waals surface area contributed by atoms with E-state index in [-0.39, 0.29) is 16.5 Å². The van der Waals surface area contributed by atoms with E-state index in [1.165, 1.54) is 23.1 Å². The van der Waals surface area contributed by atoms with E-state index >= 15 is 0 Å². The number of thiazole rings is 1. The lowest BCUT2D eigenvalue weighted by Crippen LogP contribution is -2.32. The van der Waals surface area contributed by atoms with Crippen molar-refractivity contribution in [2.45, 2.75) is 51.1 Å². The van der Waals surface area contributed by atoms with Crippen molar-refractivity contribution in [3.8, 4) is 0 Å². The molecule has 6 nitrogen and oxygen atoms in total. The average molecular weight is 436 g/mol. The topological polar surface area (TPSA) is 84.2 Å².